The SMILES string of the molecule is C=CCSc1ncc(Cl)c(C(=O)Nc2ccc(C)c(C)c2)n1. The summed E-state index contributed by atoms with van der Waals surface area (Å²) in [5, 5.41) is 3.53. The van der Waals surface area contributed by atoms with Gasteiger partial charge in [0.05, 0.1) is 11.2 Å². The minimum absolute atomic E-state index is 0.168. The van der Waals surface area contributed by atoms with E-state index in [1.165, 1.54) is 23.5 Å². The highest BCUT2D eigenvalue weighted by Gasteiger charge is 2.14. The van der Waals surface area contributed by atoms with Gasteiger partial charge < -0.3 is 5.32 Å². The molecule has 0 unspecified atom stereocenters. The Bertz CT molecular complexity index is 719. The maximum absolute atomic E-state index is 12.3. The normalized spacial score (nSPS) is 10.3. The Hall–Kier alpha value is -1.85. The number of halogens is 1. The van der Waals surface area contributed by atoms with E-state index in [9.17, 15) is 4.79 Å². The summed E-state index contributed by atoms with van der Waals surface area (Å²) < 4.78 is 0. The molecule has 1 aromatic carbocycles. The Labute approximate surface area is 139 Å². The third kappa shape index (κ3) is 4.08. The van der Waals surface area contributed by atoms with Gasteiger partial charge in [0.1, 0.15) is 0 Å². The molecule has 2 aromatic rings. The van der Waals surface area contributed by atoms with E-state index in [0.29, 0.717) is 16.6 Å². The van der Waals surface area contributed by atoms with Crippen LogP contribution in [0.2, 0.25) is 5.02 Å². The molecule has 0 spiro atoms. The molecular formula is C16H16ClN3OS. The lowest BCUT2D eigenvalue weighted by molar-refractivity contribution is 0.102. The zero-order chi connectivity index (χ0) is 16.1. The molecule has 0 radical (unpaired) electrons. The number of nitrogens with zero attached hydrogens (tertiary/aromatic N) is 2. The lowest BCUT2D eigenvalue weighted by Gasteiger charge is -2.09. The van der Waals surface area contributed by atoms with Crippen molar-refractivity contribution in [3.05, 3.63) is 58.9 Å². The zero-order valence-corrected chi connectivity index (χ0v) is 14.0. The lowest BCUT2D eigenvalue weighted by Crippen LogP contribution is -2.15. The van der Waals surface area contributed by atoms with Gasteiger partial charge in [-0.2, -0.15) is 0 Å². The Morgan fingerprint density at radius 2 is 2.18 bits per heavy atom. The number of hydrogen-bond donors (Lipinski definition) is 1. The summed E-state index contributed by atoms with van der Waals surface area (Å²) in [6, 6.07) is 5.72. The fourth-order valence-corrected chi connectivity index (χ4v) is 2.45. The smallest absolute Gasteiger partial charge is 0.275 e. The number of rotatable bonds is 5. The fourth-order valence-electron chi connectivity index (χ4n) is 1.72. The Morgan fingerprint density at radius 1 is 1.41 bits per heavy atom. The molecule has 4 nitrogen and oxygen atoms in total. The number of aromatic nitrogens is 2. The van der Waals surface area contributed by atoms with Crippen LogP contribution in [0.5, 0.6) is 0 Å². The van der Waals surface area contributed by atoms with Gasteiger partial charge in [0.25, 0.3) is 5.91 Å². The van der Waals surface area contributed by atoms with Crippen LogP contribution in [0.15, 0.2) is 42.2 Å². The first-order valence-electron chi connectivity index (χ1n) is 6.66. The molecule has 1 heterocycles. The number of amides is 1. The second-order valence-corrected chi connectivity index (χ2v) is 6.10. The van der Waals surface area contributed by atoms with Gasteiger partial charge in [-0.05, 0) is 37.1 Å². The van der Waals surface area contributed by atoms with Crippen LogP contribution >= 0.6 is 23.4 Å². The number of thioether (sulfide) groups is 1. The molecule has 114 valence electrons. The molecule has 0 bridgehead atoms. The summed E-state index contributed by atoms with van der Waals surface area (Å²) in [7, 11) is 0. The topological polar surface area (TPSA) is 54.9 Å². The van der Waals surface area contributed by atoms with Crippen molar-refractivity contribution in [1.82, 2.24) is 9.97 Å². The monoisotopic (exact) mass is 333 g/mol. The van der Waals surface area contributed by atoms with Gasteiger partial charge in [0, 0.05) is 11.4 Å². The summed E-state index contributed by atoms with van der Waals surface area (Å²) in [5.74, 6) is 0.316. The van der Waals surface area contributed by atoms with E-state index in [0.717, 1.165) is 5.56 Å². The van der Waals surface area contributed by atoms with Crippen LogP contribution in [0.1, 0.15) is 21.6 Å². The zero-order valence-electron chi connectivity index (χ0n) is 12.4. The molecule has 1 N–H and O–H groups in total. The van der Waals surface area contributed by atoms with Gasteiger partial charge in [0.2, 0.25) is 0 Å². The predicted octanol–water partition coefficient (Wildman–Crippen LogP) is 4.28. The molecule has 0 fully saturated rings. The van der Waals surface area contributed by atoms with Crippen LogP contribution in [0.25, 0.3) is 0 Å². The third-order valence-electron chi connectivity index (χ3n) is 3.03. The van der Waals surface area contributed by atoms with Crippen molar-refractivity contribution in [3.63, 3.8) is 0 Å². The van der Waals surface area contributed by atoms with Crippen LogP contribution in [0.3, 0.4) is 0 Å². The van der Waals surface area contributed by atoms with E-state index in [1.807, 2.05) is 32.0 Å². The van der Waals surface area contributed by atoms with Gasteiger partial charge in [-0.25, -0.2) is 9.97 Å². The molecular weight excluding hydrogens is 318 g/mol. The van der Waals surface area contributed by atoms with Crippen molar-refractivity contribution in [1.29, 1.82) is 0 Å². The molecule has 1 amide bonds. The van der Waals surface area contributed by atoms with Crippen LogP contribution in [0.4, 0.5) is 5.69 Å². The molecule has 0 aliphatic heterocycles. The van der Waals surface area contributed by atoms with E-state index in [4.69, 9.17) is 11.6 Å². The average molecular weight is 334 g/mol. The van der Waals surface area contributed by atoms with Crippen molar-refractivity contribution < 1.29 is 4.79 Å². The molecule has 1 aromatic heterocycles. The van der Waals surface area contributed by atoms with Gasteiger partial charge in [0.15, 0.2) is 10.9 Å². The predicted molar refractivity (Wildman–Crippen MR) is 91.8 cm³/mol. The van der Waals surface area contributed by atoms with Crippen molar-refractivity contribution in [2.75, 3.05) is 11.1 Å². The van der Waals surface area contributed by atoms with Crippen LogP contribution in [-0.2, 0) is 0 Å². The van der Waals surface area contributed by atoms with Crippen molar-refractivity contribution in [2.24, 2.45) is 0 Å². The number of nitrogens with one attached hydrogen (secondary N) is 1. The maximum Gasteiger partial charge on any atom is 0.275 e. The molecule has 6 heteroatoms. The van der Waals surface area contributed by atoms with E-state index < -0.39 is 0 Å². The highest BCUT2D eigenvalue weighted by atomic mass is 35.5. The summed E-state index contributed by atoms with van der Waals surface area (Å²) in [5.41, 5.74) is 3.15. The average Bonchev–Trinajstić information content (AvgIpc) is 2.50. The summed E-state index contributed by atoms with van der Waals surface area (Å²) >= 11 is 7.43. The Kier molecular flexibility index (Phi) is 5.57. The molecule has 0 aliphatic carbocycles. The molecule has 2 rings (SSSR count). The van der Waals surface area contributed by atoms with Crippen molar-refractivity contribution >= 4 is 35.0 Å². The quantitative estimate of drug-likeness (QED) is 0.504. The highest BCUT2D eigenvalue weighted by Crippen LogP contribution is 2.20. The highest BCUT2D eigenvalue weighted by molar-refractivity contribution is 7.99. The van der Waals surface area contributed by atoms with Crippen molar-refractivity contribution in [2.45, 2.75) is 19.0 Å². The number of hydrogen-bond acceptors (Lipinski definition) is 4. The van der Waals surface area contributed by atoms with Gasteiger partial charge in [-0.1, -0.05) is 35.5 Å². The minimum atomic E-state index is -0.351. The molecule has 0 saturated carbocycles. The summed E-state index contributed by atoms with van der Waals surface area (Å²) in [6.45, 7) is 7.65. The standard InChI is InChI=1S/C16H16ClN3OS/c1-4-7-22-16-18-9-13(17)14(20-16)15(21)19-12-6-5-10(2)11(3)8-12/h4-6,8-9H,1,7H2,2-3H3,(H,19,21). The third-order valence-corrected chi connectivity index (χ3v) is 4.17. The largest absolute Gasteiger partial charge is 0.321 e. The van der Waals surface area contributed by atoms with Gasteiger partial charge in [-0.15, -0.1) is 6.58 Å². The number of benzene rings is 1. The maximum atomic E-state index is 12.3. The first kappa shape index (κ1) is 16.5. The summed E-state index contributed by atoms with van der Waals surface area (Å²) in [4.78, 5) is 20.6. The first-order valence-corrected chi connectivity index (χ1v) is 8.02. The molecule has 0 atom stereocenters. The first-order chi connectivity index (χ1) is 10.5. The summed E-state index contributed by atoms with van der Waals surface area (Å²) in [6.07, 6.45) is 3.19. The van der Waals surface area contributed by atoms with Crippen LogP contribution in [0, 0.1) is 13.8 Å². The van der Waals surface area contributed by atoms with E-state index >= 15 is 0 Å². The number of carbonyl (C=O) groups is 1. The molecule has 0 aliphatic rings. The lowest BCUT2D eigenvalue weighted by atomic mass is 10.1. The Balaban J connectivity index is 2.20. The van der Waals surface area contributed by atoms with E-state index in [-0.39, 0.29) is 16.6 Å². The molecule has 0 saturated heterocycles. The van der Waals surface area contributed by atoms with Crippen LogP contribution in [-0.4, -0.2) is 21.6 Å². The second kappa shape index (κ2) is 7.42. The number of anilines is 1. The van der Waals surface area contributed by atoms with E-state index in [2.05, 4.69) is 21.9 Å². The molecule has 22 heavy (non-hydrogen) atoms. The van der Waals surface area contributed by atoms with Gasteiger partial charge in [-0.3, -0.25) is 4.79 Å². The number of carbonyl (C=O) groups excluding carboxylic acids is 1. The van der Waals surface area contributed by atoms with E-state index in [1.54, 1.807) is 6.08 Å². The van der Waals surface area contributed by atoms with Crippen molar-refractivity contribution in [3.8, 4) is 0 Å². The Morgan fingerprint density at radius 3 is 2.86 bits per heavy atom. The van der Waals surface area contributed by atoms with Gasteiger partial charge >= 0.3 is 0 Å². The fraction of sp³-hybridized carbons (Fsp3) is 0.188. The van der Waals surface area contributed by atoms with Crippen LogP contribution < -0.4 is 5.32 Å². The second-order valence-electron chi connectivity index (χ2n) is 4.70. The number of aryl methyl sites for hydroxylation is 2. The minimum Gasteiger partial charge on any atom is -0.321 e.